The van der Waals surface area contributed by atoms with Gasteiger partial charge in [-0.15, -0.1) is 0 Å². The smallest absolute Gasteiger partial charge is 0.265 e. The number of hydrogen-bond donors (Lipinski definition) is 0. The number of fused-ring (bicyclic) bond motifs is 1. The molecule has 0 radical (unpaired) electrons. The van der Waals surface area contributed by atoms with Crippen LogP contribution in [0.4, 0.5) is 10.1 Å². The molecular weight excluding hydrogens is 285 g/mol. The van der Waals surface area contributed by atoms with E-state index in [4.69, 9.17) is 9.47 Å². The molecule has 3 rings (SSSR count). The predicted molar refractivity (Wildman–Crippen MR) is 80.9 cm³/mol. The zero-order chi connectivity index (χ0) is 15.5. The van der Waals surface area contributed by atoms with Crippen LogP contribution in [0.2, 0.25) is 0 Å². The number of benzene rings is 2. The van der Waals surface area contributed by atoms with Gasteiger partial charge in [-0.3, -0.25) is 4.79 Å². The number of carbonyl (C=O) groups excluding carboxylic acids is 1. The Balaban J connectivity index is 1.71. The van der Waals surface area contributed by atoms with Crippen molar-refractivity contribution in [1.82, 2.24) is 0 Å². The number of ether oxygens (including phenoxy) is 2. The van der Waals surface area contributed by atoms with Crippen molar-refractivity contribution in [2.24, 2.45) is 0 Å². The molecule has 0 aromatic heterocycles. The van der Waals surface area contributed by atoms with Gasteiger partial charge >= 0.3 is 0 Å². The first-order valence-corrected chi connectivity index (χ1v) is 7.06. The van der Waals surface area contributed by atoms with E-state index in [0.717, 1.165) is 11.3 Å². The van der Waals surface area contributed by atoms with Gasteiger partial charge in [-0.25, -0.2) is 4.39 Å². The third-order valence-corrected chi connectivity index (χ3v) is 3.45. The fraction of sp³-hybridized carbons (Fsp3) is 0.235. The lowest BCUT2D eigenvalue weighted by Gasteiger charge is -2.29. The summed E-state index contributed by atoms with van der Waals surface area (Å²) in [5, 5.41) is 0. The van der Waals surface area contributed by atoms with Crippen LogP contribution in [0.25, 0.3) is 0 Å². The predicted octanol–water partition coefficient (Wildman–Crippen LogP) is 2.94. The van der Waals surface area contributed by atoms with Gasteiger partial charge in [0.2, 0.25) is 0 Å². The standard InChI is InChI=1S/C17H16FNO3/c1-12-2-7-16-15(10-12)19(8-9-21-16)17(20)11-22-14-5-3-13(18)4-6-14/h2-7,10H,8-9,11H2,1H3. The lowest BCUT2D eigenvalue weighted by Crippen LogP contribution is -2.40. The molecular formula is C17H16FNO3. The van der Waals surface area contributed by atoms with Gasteiger partial charge in [0, 0.05) is 0 Å². The number of rotatable bonds is 3. The Kier molecular flexibility index (Phi) is 3.96. The maximum Gasteiger partial charge on any atom is 0.265 e. The van der Waals surface area contributed by atoms with Crippen LogP contribution in [-0.2, 0) is 4.79 Å². The molecule has 0 saturated heterocycles. The third kappa shape index (κ3) is 3.03. The quantitative estimate of drug-likeness (QED) is 0.875. The van der Waals surface area contributed by atoms with Gasteiger partial charge in [-0.2, -0.15) is 0 Å². The SMILES string of the molecule is Cc1ccc2c(c1)N(C(=O)COc1ccc(F)cc1)CCO2. The highest BCUT2D eigenvalue weighted by Gasteiger charge is 2.24. The Bertz CT molecular complexity index is 685. The summed E-state index contributed by atoms with van der Waals surface area (Å²) >= 11 is 0. The van der Waals surface area contributed by atoms with Crippen molar-refractivity contribution in [1.29, 1.82) is 0 Å². The maximum atomic E-state index is 12.8. The van der Waals surface area contributed by atoms with Gasteiger partial charge in [-0.05, 0) is 48.9 Å². The Labute approximate surface area is 128 Å². The molecule has 4 nitrogen and oxygen atoms in total. The number of anilines is 1. The first-order chi connectivity index (χ1) is 10.6. The lowest BCUT2D eigenvalue weighted by molar-refractivity contribution is -0.120. The summed E-state index contributed by atoms with van der Waals surface area (Å²) < 4.78 is 23.8. The van der Waals surface area contributed by atoms with Crippen molar-refractivity contribution in [2.45, 2.75) is 6.92 Å². The Morgan fingerprint density at radius 2 is 2.05 bits per heavy atom. The molecule has 1 amide bonds. The molecule has 1 heterocycles. The van der Waals surface area contributed by atoms with Crippen LogP contribution in [0.5, 0.6) is 11.5 Å². The van der Waals surface area contributed by atoms with Gasteiger partial charge < -0.3 is 14.4 Å². The fourth-order valence-electron chi connectivity index (χ4n) is 2.34. The van der Waals surface area contributed by atoms with E-state index in [0.29, 0.717) is 24.7 Å². The molecule has 5 heteroatoms. The number of nitrogens with zero attached hydrogens (tertiary/aromatic N) is 1. The van der Waals surface area contributed by atoms with Crippen LogP contribution in [0, 0.1) is 12.7 Å². The number of aryl methyl sites for hydroxylation is 1. The van der Waals surface area contributed by atoms with Crippen LogP contribution >= 0.6 is 0 Å². The molecule has 0 aliphatic carbocycles. The number of amides is 1. The maximum absolute atomic E-state index is 12.8. The van der Waals surface area contributed by atoms with Crippen LogP contribution in [0.1, 0.15) is 5.56 Å². The van der Waals surface area contributed by atoms with Crippen molar-refractivity contribution in [3.63, 3.8) is 0 Å². The molecule has 0 atom stereocenters. The van der Waals surface area contributed by atoms with E-state index in [9.17, 15) is 9.18 Å². The van der Waals surface area contributed by atoms with Gasteiger partial charge in [0.05, 0.1) is 12.2 Å². The van der Waals surface area contributed by atoms with Gasteiger partial charge in [0.25, 0.3) is 5.91 Å². The summed E-state index contributed by atoms with van der Waals surface area (Å²) in [6.07, 6.45) is 0. The Morgan fingerprint density at radius 1 is 1.27 bits per heavy atom. The summed E-state index contributed by atoms with van der Waals surface area (Å²) in [6, 6.07) is 11.3. The first kappa shape index (κ1) is 14.4. The van der Waals surface area contributed by atoms with Crippen LogP contribution < -0.4 is 14.4 Å². The van der Waals surface area contributed by atoms with Crippen molar-refractivity contribution >= 4 is 11.6 Å². The summed E-state index contributed by atoms with van der Waals surface area (Å²) in [4.78, 5) is 14.0. The summed E-state index contributed by atoms with van der Waals surface area (Å²) in [5.41, 5.74) is 1.82. The van der Waals surface area contributed by atoms with Crippen molar-refractivity contribution in [3.8, 4) is 11.5 Å². The Hall–Kier alpha value is -2.56. The summed E-state index contributed by atoms with van der Waals surface area (Å²) in [7, 11) is 0. The molecule has 0 bridgehead atoms. The van der Waals surface area contributed by atoms with E-state index in [1.165, 1.54) is 24.3 Å². The largest absolute Gasteiger partial charge is 0.490 e. The first-order valence-electron chi connectivity index (χ1n) is 7.06. The molecule has 1 aliphatic rings. The fourth-order valence-corrected chi connectivity index (χ4v) is 2.34. The summed E-state index contributed by atoms with van der Waals surface area (Å²) in [6.45, 7) is 2.81. The number of halogens is 1. The summed E-state index contributed by atoms with van der Waals surface area (Å²) in [5.74, 6) is 0.676. The zero-order valence-electron chi connectivity index (χ0n) is 12.2. The van der Waals surface area contributed by atoms with E-state index in [1.807, 2.05) is 25.1 Å². The average molecular weight is 301 g/mol. The van der Waals surface area contributed by atoms with E-state index < -0.39 is 0 Å². The molecule has 0 saturated carbocycles. The topological polar surface area (TPSA) is 38.8 Å². The zero-order valence-corrected chi connectivity index (χ0v) is 12.2. The van der Waals surface area contributed by atoms with Gasteiger partial charge in [0.1, 0.15) is 23.9 Å². The molecule has 0 unspecified atom stereocenters. The number of hydrogen-bond acceptors (Lipinski definition) is 3. The number of carbonyl (C=O) groups is 1. The van der Waals surface area contributed by atoms with Crippen molar-refractivity contribution < 1.29 is 18.7 Å². The van der Waals surface area contributed by atoms with Crippen molar-refractivity contribution in [2.75, 3.05) is 24.7 Å². The van der Waals surface area contributed by atoms with Crippen molar-refractivity contribution in [3.05, 3.63) is 53.8 Å². The second-order valence-electron chi connectivity index (χ2n) is 5.11. The molecule has 2 aromatic carbocycles. The molecule has 114 valence electrons. The molecule has 0 fully saturated rings. The Morgan fingerprint density at radius 3 is 2.82 bits per heavy atom. The van der Waals surface area contributed by atoms with Crippen LogP contribution in [0.15, 0.2) is 42.5 Å². The minimum absolute atomic E-state index is 0.0982. The highest BCUT2D eigenvalue weighted by molar-refractivity contribution is 5.96. The molecule has 22 heavy (non-hydrogen) atoms. The van der Waals surface area contributed by atoms with Crippen LogP contribution in [-0.4, -0.2) is 25.7 Å². The molecule has 0 N–H and O–H groups in total. The normalized spacial score (nSPS) is 13.3. The minimum atomic E-state index is -0.337. The molecule has 1 aliphatic heterocycles. The molecule has 2 aromatic rings. The second kappa shape index (κ2) is 6.05. The van der Waals surface area contributed by atoms with Crippen LogP contribution in [0.3, 0.4) is 0 Å². The lowest BCUT2D eigenvalue weighted by atomic mass is 10.1. The average Bonchev–Trinajstić information content (AvgIpc) is 2.53. The van der Waals surface area contributed by atoms with Gasteiger partial charge in [0.15, 0.2) is 6.61 Å². The monoisotopic (exact) mass is 301 g/mol. The van der Waals surface area contributed by atoms with E-state index in [1.54, 1.807) is 4.90 Å². The molecule has 0 spiro atoms. The van der Waals surface area contributed by atoms with Gasteiger partial charge in [-0.1, -0.05) is 6.07 Å². The highest BCUT2D eigenvalue weighted by atomic mass is 19.1. The second-order valence-corrected chi connectivity index (χ2v) is 5.11. The third-order valence-electron chi connectivity index (χ3n) is 3.45. The van der Waals surface area contributed by atoms with E-state index in [-0.39, 0.29) is 18.3 Å². The van der Waals surface area contributed by atoms with E-state index in [2.05, 4.69) is 0 Å². The minimum Gasteiger partial charge on any atom is -0.490 e. The van der Waals surface area contributed by atoms with E-state index >= 15 is 0 Å². The highest BCUT2D eigenvalue weighted by Crippen LogP contribution is 2.32.